The molecule has 0 aliphatic heterocycles. The summed E-state index contributed by atoms with van der Waals surface area (Å²) in [5, 5.41) is 8.77. The molecule has 2 aromatic carbocycles. The third-order valence-corrected chi connectivity index (χ3v) is 5.91. The SMILES string of the molecule is O=C(NC1CCCCC1)[C@H](c1ccccc1)N(C(=O)c1csnn1)c1ccccc1. The van der Waals surface area contributed by atoms with Crippen LogP contribution in [0.25, 0.3) is 0 Å². The van der Waals surface area contributed by atoms with Crippen LogP contribution in [0.4, 0.5) is 5.69 Å². The quantitative estimate of drug-likeness (QED) is 0.642. The van der Waals surface area contributed by atoms with Gasteiger partial charge in [-0.05, 0) is 42.1 Å². The molecule has 1 atom stereocenters. The van der Waals surface area contributed by atoms with Gasteiger partial charge < -0.3 is 5.32 Å². The molecule has 3 aromatic rings. The lowest BCUT2D eigenvalue weighted by Crippen LogP contribution is -2.47. The first-order chi connectivity index (χ1) is 14.7. The Morgan fingerprint density at radius 3 is 2.27 bits per heavy atom. The highest BCUT2D eigenvalue weighted by Crippen LogP contribution is 2.30. The van der Waals surface area contributed by atoms with Crippen molar-refractivity contribution >= 4 is 29.0 Å². The summed E-state index contributed by atoms with van der Waals surface area (Å²) in [5.74, 6) is -0.518. The van der Waals surface area contributed by atoms with Crippen molar-refractivity contribution in [2.24, 2.45) is 0 Å². The first-order valence-electron chi connectivity index (χ1n) is 10.2. The minimum Gasteiger partial charge on any atom is -0.351 e. The Hall–Kier alpha value is -3.06. The van der Waals surface area contributed by atoms with E-state index in [1.54, 1.807) is 5.38 Å². The molecule has 1 heterocycles. The van der Waals surface area contributed by atoms with Crippen LogP contribution in [0.5, 0.6) is 0 Å². The third kappa shape index (κ3) is 4.57. The molecule has 1 aliphatic carbocycles. The first kappa shape index (κ1) is 20.2. The van der Waals surface area contributed by atoms with E-state index in [9.17, 15) is 9.59 Å². The van der Waals surface area contributed by atoms with Crippen LogP contribution >= 0.6 is 11.5 Å². The second-order valence-corrected chi connectivity index (χ2v) is 8.07. The number of nitrogens with one attached hydrogen (secondary N) is 1. The predicted molar refractivity (Wildman–Crippen MR) is 117 cm³/mol. The van der Waals surface area contributed by atoms with Crippen LogP contribution < -0.4 is 10.2 Å². The molecular weight excluding hydrogens is 396 g/mol. The number of anilines is 1. The summed E-state index contributed by atoms with van der Waals surface area (Å²) in [6, 6.07) is 18.0. The Morgan fingerprint density at radius 1 is 0.967 bits per heavy atom. The number of hydrogen-bond acceptors (Lipinski definition) is 5. The lowest BCUT2D eigenvalue weighted by molar-refractivity contribution is -0.123. The normalized spacial score (nSPS) is 15.3. The minimum atomic E-state index is -0.801. The van der Waals surface area contributed by atoms with Gasteiger partial charge in [0.25, 0.3) is 5.91 Å². The molecule has 0 unspecified atom stereocenters. The number of aromatic nitrogens is 2. The van der Waals surface area contributed by atoms with Crippen molar-refractivity contribution in [3.05, 3.63) is 77.3 Å². The molecule has 30 heavy (non-hydrogen) atoms. The Morgan fingerprint density at radius 2 is 1.63 bits per heavy atom. The van der Waals surface area contributed by atoms with E-state index in [1.807, 2.05) is 60.7 Å². The number of benzene rings is 2. The van der Waals surface area contributed by atoms with Crippen LogP contribution in [0.3, 0.4) is 0 Å². The van der Waals surface area contributed by atoms with E-state index in [4.69, 9.17) is 0 Å². The van der Waals surface area contributed by atoms with Crippen molar-refractivity contribution in [2.45, 2.75) is 44.2 Å². The van der Waals surface area contributed by atoms with E-state index < -0.39 is 6.04 Å². The van der Waals surface area contributed by atoms with Crippen molar-refractivity contribution in [2.75, 3.05) is 4.90 Å². The summed E-state index contributed by atoms with van der Waals surface area (Å²) in [6.07, 6.45) is 5.39. The van der Waals surface area contributed by atoms with E-state index in [1.165, 1.54) is 11.3 Å². The predicted octanol–water partition coefficient (Wildman–Crippen LogP) is 4.38. The van der Waals surface area contributed by atoms with Crippen LogP contribution in [0.15, 0.2) is 66.0 Å². The Balaban J connectivity index is 1.74. The monoisotopic (exact) mass is 420 g/mol. The fourth-order valence-corrected chi connectivity index (χ4v) is 4.36. The molecule has 0 radical (unpaired) electrons. The van der Waals surface area contributed by atoms with E-state index in [0.717, 1.165) is 42.8 Å². The summed E-state index contributed by atoms with van der Waals surface area (Å²) >= 11 is 1.12. The minimum absolute atomic E-state index is 0.145. The number of hydrogen-bond donors (Lipinski definition) is 1. The molecule has 2 amide bonds. The van der Waals surface area contributed by atoms with Crippen molar-refractivity contribution in [1.82, 2.24) is 14.9 Å². The highest BCUT2D eigenvalue weighted by Gasteiger charge is 2.35. The summed E-state index contributed by atoms with van der Waals surface area (Å²) < 4.78 is 3.83. The molecule has 1 saturated carbocycles. The maximum absolute atomic E-state index is 13.6. The Bertz CT molecular complexity index is 957. The van der Waals surface area contributed by atoms with E-state index in [0.29, 0.717) is 5.69 Å². The summed E-state index contributed by atoms with van der Waals surface area (Å²) in [4.78, 5) is 28.6. The van der Waals surface area contributed by atoms with E-state index >= 15 is 0 Å². The first-order valence-corrected chi connectivity index (χ1v) is 11.1. The van der Waals surface area contributed by atoms with Gasteiger partial charge in [-0.2, -0.15) is 0 Å². The topological polar surface area (TPSA) is 75.2 Å². The van der Waals surface area contributed by atoms with Crippen molar-refractivity contribution in [1.29, 1.82) is 0 Å². The second kappa shape index (κ2) is 9.63. The van der Waals surface area contributed by atoms with Crippen LogP contribution in [0.1, 0.15) is 54.2 Å². The zero-order chi connectivity index (χ0) is 20.8. The van der Waals surface area contributed by atoms with Gasteiger partial charge in [-0.1, -0.05) is 72.3 Å². The number of nitrogens with zero attached hydrogens (tertiary/aromatic N) is 3. The van der Waals surface area contributed by atoms with Crippen molar-refractivity contribution in [3.63, 3.8) is 0 Å². The third-order valence-electron chi connectivity index (χ3n) is 5.41. The number of rotatable bonds is 6. The van der Waals surface area contributed by atoms with Crippen LogP contribution in [0.2, 0.25) is 0 Å². The zero-order valence-corrected chi connectivity index (χ0v) is 17.4. The molecule has 0 spiro atoms. The summed E-state index contributed by atoms with van der Waals surface area (Å²) in [5.41, 5.74) is 1.63. The molecule has 1 aromatic heterocycles. The molecule has 6 nitrogen and oxygen atoms in total. The van der Waals surface area contributed by atoms with Crippen molar-refractivity contribution in [3.8, 4) is 0 Å². The van der Waals surface area contributed by atoms with Gasteiger partial charge in [-0.15, -0.1) is 5.10 Å². The molecule has 154 valence electrons. The maximum atomic E-state index is 13.6. The van der Waals surface area contributed by atoms with Gasteiger partial charge in [-0.3, -0.25) is 14.5 Å². The van der Waals surface area contributed by atoms with E-state index in [-0.39, 0.29) is 23.6 Å². The number of carbonyl (C=O) groups excluding carboxylic acids is 2. The molecule has 4 rings (SSSR count). The van der Waals surface area contributed by atoms with Crippen molar-refractivity contribution < 1.29 is 9.59 Å². The summed E-state index contributed by atoms with van der Waals surface area (Å²) in [6.45, 7) is 0. The zero-order valence-electron chi connectivity index (χ0n) is 16.6. The van der Waals surface area contributed by atoms with Gasteiger partial charge in [0, 0.05) is 17.1 Å². The Kier molecular flexibility index (Phi) is 6.49. The number of amides is 2. The smallest absolute Gasteiger partial charge is 0.280 e. The molecule has 1 fully saturated rings. The highest BCUT2D eigenvalue weighted by atomic mass is 32.1. The molecule has 1 aliphatic rings. The molecule has 0 saturated heterocycles. The average Bonchev–Trinajstić information content (AvgIpc) is 3.34. The van der Waals surface area contributed by atoms with Crippen LogP contribution in [-0.4, -0.2) is 27.4 Å². The summed E-state index contributed by atoms with van der Waals surface area (Å²) in [7, 11) is 0. The lowest BCUT2D eigenvalue weighted by Gasteiger charge is -2.33. The average molecular weight is 421 g/mol. The van der Waals surface area contributed by atoms with Gasteiger partial charge in [0.2, 0.25) is 5.91 Å². The second-order valence-electron chi connectivity index (χ2n) is 7.46. The van der Waals surface area contributed by atoms with E-state index in [2.05, 4.69) is 14.9 Å². The van der Waals surface area contributed by atoms with Crippen LogP contribution in [-0.2, 0) is 4.79 Å². The largest absolute Gasteiger partial charge is 0.351 e. The van der Waals surface area contributed by atoms with Gasteiger partial charge in [0.05, 0.1) is 0 Å². The van der Waals surface area contributed by atoms with Gasteiger partial charge in [-0.25, -0.2) is 0 Å². The molecule has 1 N–H and O–H groups in total. The molecule has 0 bridgehead atoms. The standard InChI is InChI=1S/C23H24N4O2S/c28-22(24-18-12-6-2-7-13-18)21(17-10-4-1-5-11-17)27(19-14-8-3-9-15-19)23(29)20-16-30-26-25-20/h1,3-5,8-11,14-16,18,21H,2,6-7,12-13H2,(H,24,28)/t21-/m0/s1. The highest BCUT2D eigenvalue weighted by molar-refractivity contribution is 7.03. The number of para-hydroxylation sites is 1. The Labute approximate surface area is 180 Å². The van der Waals surface area contributed by atoms with Gasteiger partial charge >= 0.3 is 0 Å². The number of carbonyl (C=O) groups is 2. The van der Waals surface area contributed by atoms with Gasteiger partial charge in [0.1, 0.15) is 6.04 Å². The fourth-order valence-electron chi connectivity index (χ4n) is 3.93. The van der Waals surface area contributed by atoms with Crippen LogP contribution in [0, 0.1) is 0 Å². The maximum Gasteiger partial charge on any atom is 0.280 e. The molecular formula is C23H24N4O2S. The van der Waals surface area contributed by atoms with Gasteiger partial charge in [0.15, 0.2) is 5.69 Å². The fraction of sp³-hybridized carbons (Fsp3) is 0.304. The lowest BCUT2D eigenvalue weighted by atomic mass is 9.94. The molecule has 7 heteroatoms.